The largest absolute Gasteiger partial charge is 0.336 e. The molecule has 25 heavy (non-hydrogen) atoms. The SMILES string of the molecule is CCc1ccccc1NC(=O)CN(C)C(=O)CCCCC1CCSS1. The molecule has 1 aromatic carbocycles. The predicted octanol–water partition coefficient (Wildman–Crippen LogP) is 4.36. The van der Waals surface area contributed by atoms with Crippen LogP contribution in [-0.2, 0) is 16.0 Å². The summed E-state index contributed by atoms with van der Waals surface area (Å²) in [5.74, 6) is 1.16. The number of anilines is 1. The summed E-state index contributed by atoms with van der Waals surface area (Å²) in [4.78, 5) is 25.9. The van der Waals surface area contributed by atoms with E-state index in [1.807, 2.05) is 45.9 Å². The first kappa shape index (κ1) is 20.2. The first-order chi connectivity index (χ1) is 12.1. The van der Waals surface area contributed by atoms with Crippen LogP contribution in [0, 0.1) is 0 Å². The minimum Gasteiger partial charge on any atom is -0.336 e. The van der Waals surface area contributed by atoms with Crippen molar-refractivity contribution >= 4 is 39.1 Å². The van der Waals surface area contributed by atoms with Crippen molar-refractivity contribution in [3.8, 4) is 0 Å². The van der Waals surface area contributed by atoms with Crippen LogP contribution < -0.4 is 5.32 Å². The first-order valence-corrected chi connectivity index (χ1v) is 11.4. The van der Waals surface area contributed by atoms with Crippen LogP contribution in [0.15, 0.2) is 24.3 Å². The summed E-state index contributed by atoms with van der Waals surface area (Å²) in [6, 6.07) is 7.78. The molecule has 1 N–H and O–H groups in total. The Morgan fingerprint density at radius 2 is 2.08 bits per heavy atom. The maximum Gasteiger partial charge on any atom is 0.243 e. The van der Waals surface area contributed by atoms with E-state index in [4.69, 9.17) is 0 Å². The van der Waals surface area contributed by atoms with Gasteiger partial charge in [0.15, 0.2) is 0 Å². The molecule has 4 nitrogen and oxygen atoms in total. The highest BCUT2D eigenvalue weighted by Gasteiger charge is 2.17. The van der Waals surface area contributed by atoms with E-state index < -0.39 is 0 Å². The fraction of sp³-hybridized carbons (Fsp3) is 0.579. The van der Waals surface area contributed by atoms with Gasteiger partial charge >= 0.3 is 0 Å². The summed E-state index contributed by atoms with van der Waals surface area (Å²) in [7, 11) is 5.65. The molecule has 1 fully saturated rings. The Kier molecular flexibility index (Phi) is 8.68. The number of nitrogens with zero attached hydrogens (tertiary/aromatic N) is 1. The van der Waals surface area contributed by atoms with Crippen molar-refractivity contribution < 1.29 is 9.59 Å². The van der Waals surface area contributed by atoms with Gasteiger partial charge in [-0.2, -0.15) is 0 Å². The van der Waals surface area contributed by atoms with Gasteiger partial charge in [0, 0.05) is 30.2 Å². The topological polar surface area (TPSA) is 49.4 Å². The molecule has 0 aliphatic carbocycles. The Morgan fingerprint density at radius 1 is 1.28 bits per heavy atom. The van der Waals surface area contributed by atoms with Gasteiger partial charge in [0.25, 0.3) is 0 Å². The van der Waals surface area contributed by atoms with Gasteiger partial charge in [0.2, 0.25) is 11.8 Å². The number of aryl methyl sites for hydroxylation is 1. The van der Waals surface area contributed by atoms with Crippen LogP contribution in [0.5, 0.6) is 0 Å². The van der Waals surface area contributed by atoms with Crippen LogP contribution in [0.1, 0.15) is 44.6 Å². The average Bonchev–Trinajstić information content (AvgIpc) is 3.12. The monoisotopic (exact) mass is 380 g/mol. The third kappa shape index (κ3) is 6.94. The summed E-state index contributed by atoms with van der Waals surface area (Å²) in [5, 5.41) is 3.68. The zero-order chi connectivity index (χ0) is 18.1. The number of hydrogen-bond acceptors (Lipinski definition) is 4. The van der Waals surface area contributed by atoms with Crippen molar-refractivity contribution in [1.82, 2.24) is 4.90 Å². The molecule has 0 bridgehead atoms. The number of amides is 2. The number of carbonyl (C=O) groups excluding carboxylic acids is 2. The standard InChI is InChI=1S/C19H28N2O2S2/c1-3-15-8-4-6-10-17(15)20-18(22)14-21(2)19(23)11-7-5-9-16-12-13-24-25-16/h4,6,8,10,16H,3,5,7,9,11-14H2,1-2H3,(H,20,22). The molecule has 1 aromatic rings. The van der Waals surface area contributed by atoms with Crippen LogP contribution in [0.2, 0.25) is 0 Å². The molecule has 0 saturated carbocycles. The molecule has 1 heterocycles. The number of nitrogens with one attached hydrogen (secondary N) is 1. The number of rotatable bonds is 9. The van der Waals surface area contributed by atoms with E-state index in [0.29, 0.717) is 6.42 Å². The summed E-state index contributed by atoms with van der Waals surface area (Å²) in [5.41, 5.74) is 1.94. The highest BCUT2D eigenvalue weighted by molar-refractivity contribution is 8.77. The van der Waals surface area contributed by atoms with Crippen LogP contribution in [0.3, 0.4) is 0 Å². The lowest BCUT2D eigenvalue weighted by atomic mass is 10.1. The molecule has 138 valence electrons. The summed E-state index contributed by atoms with van der Waals surface area (Å²) in [6.07, 6.45) is 5.88. The number of benzene rings is 1. The normalized spacial score (nSPS) is 16.6. The van der Waals surface area contributed by atoms with E-state index in [0.717, 1.165) is 35.8 Å². The Hall–Kier alpha value is -1.14. The lowest BCUT2D eigenvalue weighted by Crippen LogP contribution is -2.34. The molecule has 1 atom stereocenters. The molecular formula is C19H28N2O2S2. The molecule has 1 aliphatic heterocycles. The molecule has 0 spiro atoms. The predicted molar refractivity (Wildman–Crippen MR) is 109 cm³/mol. The minimum absolute atomic E-state index is 0.0485. The molecule has 0 aromatic heterocycles. The average molecular weight is 381 g/mol. The maximum absolute atomic E-state index is 12.2. The second-order valence-corrected chi connectivity index (χ2v) is 9.17. The van der Waals surface area contributed by atoms with E-state index in [9.17, 15) is 9.59 Å². The number of hydrogen-bond donors (Lipinski definition) is 1. The number of para-hydroxylation sites is 1. The van der Waals surface area contributed by atoms with E-state index in [2.05, 4.69) is 12.2 Å². The van der Waals surface area contributed by atoms with E-state index in [-0.39, 0.29) is 18.4 Å². The summed E-state index contributed by atoms with van der Waals surface area (Å²) in [6.45, 7) is 2.16. The van der Waals surface area contributed by atoms with Crippen molar-refractivity contribution in [3.63, 3.8) is 0 Å². The van der Waals surface area contributed by atoms with Crippen LogP contribution in [-0.4, -0.2) is 41.3 Å². The van der Waals surface area contributed by atoms with Gasteiger partial charge in [-0.15, -0.1) is 0 Å². The van der Waals surface area contributed by atoms with Crippen LogP contribution in [0.25, 0.3) is 0 Å². The molecule has 1 saturated heterocycles. The lowest BCUT2D eigenvalue weighted by molar-refractivity contribution is -0.133. The van der Waals surface area contributed by atoms with Gasteiger partial charge in [-0.3, -0.25) is 9.59 Å². The second kappa shape index (κ2) is 10.8. The molecule has 1 unspecified atom stereocenters. The molecule has 2 amide bonds. The number of unbranched alkanes of at least 4 members (excludes halogenated alkanes) is 1. The third-order valence-electron chi connectivity index (χ3n) is 4.37. The summed E-state index contributed by atoms with van der Waals surface area (Å²) >= 11 is 0. The van der Waals surface area contributed by atoms with Crippen molar-refractivity contribution in [1.29, 1.82) is 0 Å². The quantitative estimate of drug-likeness (QED) is 0.511. The smallest absolute Gasteiger partial charge is 0.243 e. The van der Waals surface area contributed by atoms with Crippen molar-refractivity contribution in [2.45, 2.75) is 50.7 Å². The van der Waals surface area contributed by atoms with Gasteiger partial charge in [0.05, 0.1) is 6.54 Å². The van der Waals surface area contributed by atoms with Crippen LogP contribution >= 0.6 is 21.6 Å². The first-order valence-electron chi connectivity index (χ1n) is 9.00. The minimum atomic E-state index is -0.142. The number of likely N-dealkylation sites (N-methyl/N-ethyl adjacent to an activating group) is 1. The number of carbonyl (C=O) groups is 2. The van der Waals surface area contributed by atoms with Gasteiger partial charge in [-0.1, -0.05) is 53.1 Å². The van der Waals surface area contributed by atoms with Gasteiger partial charge in [-0.25, -0.2) is 0 Å². The van der Waals surface area contributed by atoms with Gasteiger partial charge < -0.3 is 10.2 Å². The van der Waals surface area contributed by atoms with Crippen LogP contribution in [0.4, 0.5) is 5.69 Å². The molecule has 1 aliphatic rings. The third-order valence-corrected chi connectivity index (χ3v) is 7.38. The fourth-order valence-electron chi connectivity index (χ4n) is 2.85. The Labute approximate surface area is 158 Å². The van der Waals surface area contributed by atoms with Crippen molar-refractivity contribution in [3.05, 3.63) is 29.8 Å². The Balaban J connectivity index is 1.67. The molecule has 6 heteroatoms. The van der Waals surface area contributed by atoms with Gasteiger partial charge in [-0.05, 0) is 37.3 Å². The van der Waals surface area contributed by atoms with Crippen molar-refractivity contribution in [2.75, 3.05) is 24.7 Å². The molecule has 2 rings (SSSR count). The Bertz CT molecular complexity index is 574. The highest BCUT2D eigenvalue weighted by Crippen LogP contribution is 2.39. The molecular weight excluding hydrogens is 352 g/mol. The van der Waals surface area contributed by atoms with Gasteiger partial charge in [0.1, 0.15) is 0 Å². The maximum atomic E-state index is 12.2. The van der Waals surface area contributed by atoms with E-state index in [1.54, 1.807) is 7.05 Å². The van der Waals surface area contributed by atoms with E-state index in [1.165, 1.54) is 23.5 Å². The lowest BCUT2D eigenvalue weighted by Gasteiger charge is -2.18. The summed E-state index contributed by atoms with van der Waals surface area (Å²) < 4.78 is 0. The zero-order valence-corrected chi connectivity index (χ0v) is 16.8. The highest BCUT2D eigenvalue weighted by atomic mass is 33.1. The van der Waals surface area contributed by atoms with Crippen molar-refractivity contribution in [2.24, 2.45) is 0 Å². The fourth-order valence-corrected chi connectivity index (χ4v) is 5.88. The second-order valence-electron chi connectivity index (χ2n) is 6.38. The molecule has 0 radical (unpaired) electrons. The Morgan fingerprint density at radius 3 is 2.80 bits per heavy atom. The zero-order valence-electron chi connectivity index (χ0n) is 15.1. The van der Waals surface area contributed by atoms with E-state index >= 15 is 0 Å².